The number of aryl methyl sites for hydroxylation is 1. The maximum atomic E-state index is 11.6. The maximum absolute atomic E-state index is 11.6. The summed E-state index contributed by atoms with van der Waals surface area (Å²) < 4.78 is 0. The van der Waals surface area contributed by atoms with Gasteiger partial charge in [0.2, 0.25) is 0 Å². The van der Waals surface area contributed by atoms with E-state index < -0.39 is 0 Å². The molecule has 1 heterocycles. The van der Waals surface area contributed by atoms with Crippen LogP contribution in [0.2, 0.25) is 0 Å². The van der Waals surface area contributed by atoms with Gasteiger partial charge < -0.3 is 4.79 Å². The second kappa shape index (κ2) is 6.15. The van der Waals surface area contributed by atoms with Gasteiger partial charge in [-0.2, -0.15) is 0 Å². The van der Waals surface area contributed by atoms with Crippen molar-refractivity contribution in [3.8, 4) is 0 Å². The molecule has 0 bridgehead atoms. The zero-order valence-corrected chi connectivity index (χ0v) is 11.9. The van der Waals surface area contributed by atoms with Crippen molar-refractivity contribution in [2.45, 2.75) is 31.9 Å². The normalized spacial score (nSPS) is 20.2. The van der Waals surface area contributed by atoms with E-state index in [-0.39, 0.29) is 16.4 Å². The van der Waals surface area contributed by atoms with Gasteiger partial charge in [-0.3, -0.25) is 4.79 Å². The number of hydrogen-bond donors (Lipinski definition) is 0. The molecule has 0 spiro atoms. The molecule has 1 aromatic rings. The minimum absolute atomic E-state index is 0.137. The average Bonchev–Trinajstić information content (AvgIpc) is 2.82. The van der Waals surface area contributed by atoms with Crippen molar-refractivity contribution >= 4 is 29.0 Å². The van der Waals surface area contributed by atoms with Gasteiger partial charge in [0.1, 0.15) is 6.29 Å². The quantitative estimate of drug-likeness (QED) is 0.773. The van der Waals surface area contributed by atoms with Crippen LogP contribution in [0.3, 0.4) is 0 Å². The molecule has 1 aliphatic rings. The molecule has 0 aromatic heterocycles. The van der Waals surface area contributed by atoms with Gasteiger partial charge in [0.25, 0.3) is 0 Å². The highest BCUT2D eigenvalue weighted by atomic mass is 32.2. The Morgan fingerprint density at radius 3 is 2.53 bits per heavy atom. The first-order valence-corrected chi connectivity index (χ1v) is 7.41. The molecule has 100 valence electrons. The van der Waals surface area contributed by atoms with E-state index in [1.807, 2.05) is 31.2 Å². The summed E-state index contributed by atoms with van der Waals surface area (Å²) in [6, 6.07) is 8.07. The summed E-state index contributed by atoms with van der Waals surface area (Å²) in [5.74, 6) is -0.152. The first-order valence-electron chi connectivity index (χ1n) is 6.53. The molecule has 1 aromatic carbocycles. The lowest BCUT2D eigenvalue weighted by Gasteiger charge is -2.17. The van der Waals surface area contributed by atoms with Crippen molar-refractivity contribution in [1.29, 1.82) is 0 Å². The van der Waals surface area contributed by atoms with Crippen LogP contribution < -0.4 is 0 Å². The molecule has 1 amide bonds. The predicted octanol–water partition coefficient (Wildman–Crippen LogP) is 3.50. The van der Waals surface area contributed by atoms with Gasteiger partial charge in [-0.1, -0.05) is 49.9 Å². The van der Waals surface area contributed by atoms with Gasteiger partial charge in [0, 0.05) is 5.92 Å². The van der Waals surface area contributed by atoms with Crippen LogP contribution in [0.5, 0.6) is 0 Å². The third-order valence-electron chi connectivity index (χ3n) is 3.40. The first kappa shape index (κ1) is 14.0. The summed E-state index contributed by atoms with van der Waals surface area (Å²) in [7, 11) is 0. The number of nitrogens with zero attached hydrogens (tertiary/aromatic N) is 1. The van der Waals surface area contributed by atoms with E-state index in [1.54, 1.807) is 0 Å². The van der Waals surface area contributed by atoms with Crippen molar-refractivity contribution in [3.63, 3.8) is 0 Å². The predicted molar refractivity (Wildman–Crippen MR) is 79.0 cm³/mol. The summed E-state index contributed by atoms with van der Waals surface area (Å²) in [4.78, 5) is 26.8. The van der Waals surface area contributed by atoms with Crippen molar-refractivity contribution in [1.82, 2.24) is 0 Å². The molecular weight excluding hydrogens is 258 g/mol. The molecule has 0 saturated heterocycles. The Bertz CT molecular complexity index is 507. The lowest BCUT2D eigenvalue weighted by Crippen LogP contribution is -2.25. The molecule has 2 atom stereocenters. The number of aldehydes is 1. The third kappa shape index (κ3) is 2.95. The molecule has 0 N–H and O–H groups in total. The highest BCUT2D eigenvalue weighted by Crippen LogP contribution is 2.32. The van der Waals surface area contributed by atoms with Crippen LogP contribution >= 0.6 is 11.8 Å². The maximum Gasteiger partial charge on any atom is 0.305 e. The van der Waals surface area contributed by atoms with E-state index in [0.29, 0.717) is 0 Å². The molecule has 2 rings (SSSR count). The van der Waals surface area contributed by atoms with Crippen LogP contribution in [0.1, 0.15) is 31.4 Å². The van der Waals surface area contributed by atoms with Gasteiger partial charge in [-0.25, -0.2) is 4.99 Å². The van der Waals surface area contributed by atoms with Crippen molar-refractivity contribution in [3.05, 3.63) is 35.4 Å². The number of hydrogen-bond acceptors (Lipinski definition) is 3. The fourth-order valence-corrected chi connectivity index (χ4v) is 3.26. The standard InChI is InChI=1S/C15H17NO2S/c1-3-10-5-7-12(8-6-10)13-14(11(4-2)9-17)19-15(18)16-13/h5-9,11,14H,3-4H2,1-2H3. The van der Waals surface area contributed by atoms with E-state index in [1.165, 1.54) is 5.56 Å². The minimum Gasteiger partial charge on any atom is -0.303 e. The highest BCUT2D eigenvalue weighted by molar-refractivity contribution is 8.15. The molecule has 0 fully saturated rings. The molecule has 0 radical (unpaired) electrons. The van der Waals surface area contributed by atoms with E-state index in [2.05, 4.69) is 11.9 Å². The summed E-state index contributed by atoms with van der Waals surface area (Å²) in [5.41, 5.74) is 2.94. The van der Waals surface area contributed by atoms with E-state index in [4.69, 9.17) is 0 Å². The summed E-state index contributed by atoms with van der Waals surface area (Å²) >= 11 is 1.16. The largest absolute Gasteiger partial charge is 0.305 e. The first-order chi connectivity index (χ1) is 9.19. The van der Waals surface area contributed by atoms with E-state index in [9.17, 15) is 9.59 Å². The molecule has 2 unspecified atom stereocenters. The molecule has 4 heteroatoms. The third-order valence-corrected chi connectivity index (χ3v) is 4.52. The number of carbonyl (C=O) groups excluding carboxylic acids is 2. The monoisotopic (exact) mass is 275 g/mol. The van der Waals surface area contributed by atoms with E-state index >= 15 is 0 Å². The SMILES string of the molecule is CCc1ccc(C2=NC(=O)SC2C(C=O)CC)cc1. The Morgan fingerprint density at radius 1 is 1.32 bits per heavy atom. The van der Waals surface area contributed by atoms with Gasteiger partial charge in [0.05, 0.1) is 11.0 Å². The minimum atomic E-state index is -0.195. The number of benzene rings is 1. The van der Waals surface area contributed by atoms with Gasteiger partial charge in [-0.15, -0.1) is 0 Å². The van der Waals surface area contributed by atoms with Crippen molar-refractivity contribution in [2.24, 2.45) is 10.9 Å². The Labute approximate surface area is 117 Å². The number of thioether (sulfide) groups is 1. The second-order valence-electron chi connectivity index (χ2n) is 4.56. The van der Waals surface area contributed by atoms with Gasteiger partial charge in [0.15, 0.2) is 0 Å². The van der Waals surface area contributed by atoms with Crippen LogP contribution in [0.4, 0.5) is 4.79 Å². The molecular formula is C15H17NO2S. The fourth-order valence-electron chi connectivity index (χ4n) is 2.16. The Kier molecular flexibility index (Phi) is 4.53. The lowest BCUT2D eigenvalue weighted by atomic mass is 9.95. The lowest BCUT2D eigenvalue weighted by molar-refractivity contribution is -0.110. The Hall–Kier alpha value is -1.42. The van der Waals surface area contributed by atoms with Crippen LogP contribution in [0.25, 0.3) is 0 Å². The summed E-state index contributed by atoms with van der Waals surface area (Å²) in [5, 5.41) is -0.331. The molecule has 0 aliphatic carbocycles. The van der Waals surface area contributed by atoms with Gasteiger partial charge >= 0.3 is 5.24 Å². The smallest absolute Gasteiger partial charge is 0.303 e. The van der Waals surface area contributed by atoms with Crippen LogP contribution in [-0.4, -0.2) is 22.5 Å². The molecule has 1 aliphatic heterocycles. The van der Waals surface area contributed by atoms with Crippen LogP contribution in [0, 0.1) is 5.92 Å². The molecule has 19 heavy (non-hydrogen) atoms. The Balaban J connectivity index is 2.31. The highest BCUT2D eigenvalue weighted by Gasteiger charge is 2.34. The number of carbonyl (C=O) groups is 2. The molecule has 3 nitrogen and oxygen atoms in total. The number of rotatable bonds is 5. The zero-order valence-electron chi connectivity index (χ0n) is 11.1. The van der Waals surface area contributed by atoms with Crippen molar-refractivity contribution in [2.75, 3.05) is 0 Å². The topological polar surface area (TPSA) is 46.5 Å². The van der Waals surface area contributed by atoms with Crippen molar-refractivity contribution < 1.29 is 9.59 Å². The van der Waals surface area contributed by atoms with Crippen LogP contribution in [-0.2, 0) is 11.2 Å². The average molecular weight is 275 g/mol. The summed E-state index contributed by atoms with van der Waals surface area (Å²) in [6.07, 6.45) is 2.64. The zero-order chi connectivity index (χ0) is 13.8. The van der Waals surface area contributed by atoms with E-state index in [0.717, 1.165) is 42.2 Å². The fraction of sp³-hybridized carbons (Fsp3) is 0.400. The summed E-state index contributed by atoms with van der Waals surface area (Å²) in [6.45, 7) is 4.06. The van der Waals surface area contributed by atoms with Crippen LogP contribution in [0.15, 0.2) is 29.3 Å². The van der Waals surface area contributed by atoms with Gasteiger partial charge in [-0.05, 0) is 24.0 Å². The molecule has 0 saturated carbocycles. The second-order valence-corrected chi connectivity index (χ2v) is 5.65. The number of amides is 1. The number of aliphatic imine (C=N–C) groups is 1. The Morgan fingerprint density at radius 2 is 2.00 bits per heavy atom.